The molecule has 25 heavy (non-hydrogen) atoms. The van der Waals surface area contributed by atoms with Gasteiger partial charge in [0.1, 0.15) is 5.03 Å². The van der Waals surface area contributed by atoms with Gasteiger partial charge in [0.25, 0.3) is 0 Å². The van der Waals surface area contributed by atoms with Crippen LogP contribution in [0.3, 0.4) is 0 Å². The molecule has 1 aliphatic heterocycles. The van der Waals surface area contributed by atoms with Crippen LogP contribution in [0, 0.1) is 0 Å². The summed E-state index contributed by atoms with van der Waals surface area (Å²) >= 11 is 7.59. The number of fused-ring (bicyclic) bond motifs is 1. The van der Waals surface area contributed by atoms with Crippen LogP contribution in [-0.4, -0.2) is 22.3 Å². The van der Waals surface area contributed by atoms with Crippen molar-refractivity contribution in [2.24, 2.45) is 0 Å². The molecule has 2 heterocycles. The fourth-order valence-corrected chi connectivity index (χ4v) is 4.78. The molecule has 1 aliphatic carbocycles. The van der Waals surface area contributed by atoms with Gasteiger partial charge in [-0.15, -0.1) is 11.8 Å². The van der Waals surface area contributed by atoms with Crippen molar-refractivity contribution >= 4 is 23.4 Å². The normalized spacial score (nSPS) is 19.3. The van der Waals surface area contributed by atoms with Gasteiger partial charge in [-0.2, -0.15) is 4.98 Å². The molecule has 0 unspecified atom stereocenters. The van der Waals surface area contributed by atoms with Crippen LogP contribution in [0.25, 0.3) is 0 Å². The van der Waals surface area contributed by atoms with E-state index in [-0.39, 0.29) is 11.8 Å². The highest BCUT2D eigenvalue weighted by molar-refractivity contribution is 7.98. The van der Waals surface area contributed by atoms with Gasteiger partial charge in [-0.05, 0) is 49.8 Å². The molecule has 0 N–H and O–H groups in total. The number of aromatic nitrogens is 2. The largest absolute Gasteiger partial charge is 0.376 e. The number of thioether (sulfide) groups is 1. The molecule has 1 aromatic carbocycles. The number of hydrogen-bond acceptors (Lipinski definition) is 4. The fourth-order valence-electron chi connectivity index (χ4n) is 3.62. The zero-order valence-corrected chi connectivity index (χ0v) is 15.6. The van der Waals surface area contributed by atoms with Gasteiger partial charge in [-0.1, -0.05) is 23.7 Å². The van der Waals surface area contributed by atoms with E-state index < -0.39 is 0 Å². The molecule has 2 aliphatic rings. The third-order valence-corrected chi connectivity index (χ3v) is 6.24. The maximum atomic E-state index is 12.6. The molecular weight excluding hydrogens is 356 g/mol. The number of hydrogen-bond donors (Lipinski definition) is 0. The molecule has 1 fully saturated rings. The monoisotopic (exact) mass is 376 g/mol. The van der Waals surface area contributed by atoms with Crippen molar-refractivity contribution in [1.29, 1.82) is 0 Å². The van der Waals surface area contributed by atoms with Crippen molar-refractivity contribution < 1.29 is 4.74 Å². The van der Waals surface area contributed by atoms with Gasteiger partial charge in [0, 0.05) is 28.6 Å². The van der Waals surface area contributed by atoms with Crippen LogP contribution in [0.1, 0.15) is 36.1 Å². The van der Waals surface area contributed by atoms with Gasteiger partial charge in [0.2, 0.25) is 0 Å². The summed E-state index contributed by atoms with van der Waals surface area (Å²) in [5.74, 6) is 0.797. The van der Waals surface area contributed by atoms with E-state index in [9.17, 15) is 4.79 Å². The fraction of sp³-hybridized carbons (Fsp3) is 0.474. The summed E-state index contributed by atoms with van der Waals surface area (Å²) in [6.07, 6.45) is 5.36. The minimum atomic E-state index is -0.130. The molecule has 132 valence electrons. The Morgan fingerprint density at radius 2 is 2.08 bits per heavy atom. The van der Waals surface area contributed by atoms with E-state index in [2.05, 4.69) is 4.98 Å². The molecule has 1 saturated heterocycles. The Labute approximate surface area is 156 Å². The quantitative estimate of drug-likeness (QED) is 0.587. The SMILES string of the molecule is O=c1nc(SCc2ccc(Cl)cc2)c2c(n1C[C@@H]1CCCO1)CCC2. The maximum Gasteiger partial charge on any atom is 0.348 e. The highest BCUT2D eigenvalue weighted by Crippen LogP contribution is 2.31. The summed E-state index contributed by atoms with van der Waals surface area (Å²) in [5, 5.41) is 1.64. The first-order valence-electron chi connectivity index (χ1n) is 8.82. The molecule has 0 amide bonds. The number of ether oxygens (including phenoxy) is 1. The Morgan fingerprint density at radius 3 is 2.84 bits per heavy atom. The highest BCUT2D eigenvalue weighted by Gasteiger charge is 2.25. The zero-order chi connectivity index (χ0) is 17.2. The van der Waals surface area contributed by atoms with Crippen molar-refractivity contribution in [2.75, 3.05) is 6.61 Å². The molecule has 1 aromatic heterocycles. The minimum Gasteiger partial charge on any atom is -0.376 e. The highest BCUT2D eigenvalue weighted by atomic mass is 35.5. The Balaban J connectivity index is 1.56. The number of benzene rings is 1. The topological polar surface area (TPSA) is 44.1 Å². The van der Waals surface area contributed by atoms with E-state index in [1.54, 1.807) is 11.8 Å². The van der Waals surface area contributed by atoms with Gasteiger partial charge in [0.15, 0.2) is 0 Å². The average molecular weight is 377 g/mol. The van der Waals surface area contributed by atoms with Crippen LogP contribution in [0.4, 0.5) is 0 Å². The Hall–Kier alpha value is -1.30. The summed E-state index contributed by atoms with van der Waals surface area (Å²) in [4.78, 5) is 17.0. The second-order valence-corrected chi connectivity index (χ2v) is 8.04. The molecule has 0 bridgehead atoms. The van der Waals surface area contributed by atoms with Crippen LogP contribution < -0.4 is 5.69 Å². The molecule has 6 heteroatoms. The summed E-state index contributed by atoms with van der Waals surface area (Å²) < 4.78 is 7.58. The summed E-state index contributed by atoms with van der Waals surface area (Å²) in [5.41, 5.74) is 3.49. The Bertz CT molecular complexity index is 813. The lowest BCUT2D eigenvalue weighted by Gasteiger charge is -2.17. The van der Waals surface area contributed by atoms with E-state index >= 15 is 0 Å². The minimum absolute atomic E-state index is 0.130. The van der Waals surface area contributed by atoms with E-state index in [0.29, 0.717) is 6.54 Å². The number of nitrogens with zero attached hydrogens (tertiary/aromatic N) is 2. The van der Waals surface area contributed by atoms with Crippen LogP contribution in [0.5, 0.6) is 0 Å². The number of rotatable bonds is 5. The molecule has 4 nitrogen and oxygen atoms in total. The van der Waals surface area contributed by atoms with Crippen molar-refractivity contribution in [2.45, 2.75) is 55.5 Å². The van der Waals surface area contributed by atoms with Gasteiger partial charge in [-0.25, -0.2) is 4.79 Å². The van der Waals surface area contributed by atoms with Crippen molar-refractivity contribution in [3.05, 3.63) is 56.6 Å². The summed E-state index contributed by atoms with van der Waals surface area (Å²) in [6, 6.07) is 7.84. The summed E-state index contributed by atoms with van der Waals surface area (Å²) in [6.45, 7) is 1.46. The van der Waals surface area contributed by atoms with Gasteiger partial charge < -0.3 is 4.74 Å². The van der Waals surface area contributed by atoms with Gasteiger partial charge in [0.05, 0.1) is 12.6 Å². The zero-order valence-electron chi connectivity index (χ0n) is 14.0. The van der Waals surface area contributed by atoms with Crippen LogP contribution in [-0.2, 0) is 29.9 Å². The molecule has 0 saturated carbocycles. The van der Waals surface area contributed by atoms with Crippen molar-refractivity contribution in [3.8, 4) is 0 Å². The Morgan fingerprint density at radius 1 is 1.24 bits per heavy atom. The molecule has 2 aromatic rings. The first-order valence-corrected chi connectivity index (χ1v) is 10.2. The summed E-state index contributed by atoms with van der Waals surface area (Å²) in [7, 11) is 0. The van der Waals surface area contributed by atoms with Crippen LogP contribution in [0.15, 0.2) is 34.1 Å². The number of halogens is 1. The maximum absolute atomic E-state index is 12.6. The van der Waals surface area contributed by atoms with Crippen LogP contribution >= 0.6 is 23.4 Å². The Kier molecular flexibility index (Phi) is 5.15. The second-order valence-electron chi connectivity index (χ2n) is 6.64. The third kappa shape index (κ3) is 3.78. The molecule has 1 atom stereocenters. The third-order valence-electron chi connectivity index (χ3n) is 4.90. The predicted octanol–water partition coefficient (Wildman–Crippen LogP) is 3.86. The standard InChI is InChI=1S/C19H21ClN2O2S/c20-14-8-6-13(7-9-14)12-25-18-16-4-1-5-17(16)22(19(23)21-18)11-15-3-2-10-24-15/h6-9,15H,1-5,10-12H2/t15-/m0/s1. The van der Waals surface area contributed by atoms with Crippen molar-refractivity contribution in [1.82, 2.24) is 9.55 Å². The van der Waals surface area contributed by atoms with E-state index in [0.717, 1.165) is 54.5 Å². The van der Waals surface area contributed by atoms with Gasteiger partial charge in [-0.3, -0.25) is 4.57 Å². The lowest BCUT2D eigenvalue weighted by Crippen LogP contribution is -2.31. The second kappa shape index (κ2) is 7.52. The van der Waals surface area contributed by atoms with E-state index in [1.165, 1.54) is 16.8 Å². The van der Waals surface area contributed by atoms with Crippen LogP contribution in [0.2, 0.25) is 5.02 Å². The molecule has 4 rings (SSSR count). The first kappa shape index (κ1) is 17.1. The predicted molar refractivity (Wildman–Crippen MR) is 101 cm³/mol. The smallest absolute Gasteiger partial charge is 0.348 e. The van der Waals surface area contributed by atoms with Crippen molar-refractivity contribution in [3.63, 3.8) is 0 Å². The average Bonchev–Trinajstić information content (AvgIpc) is 3.29. The molecule has 0 radical (unpaired) electrons. The molecular formula is C19H21ClN2O2S. The van der Waals surface area contributed by atoms with E-state index in [4.69, 9.17) is 16.3 Å². The lowest BCUT2D eigenvalue weighted by molar-refractivity contribution is 0.0950. The molecule has 0 spiro atoms. The van der Waals surface area contributed by atoms with E-state index in [1.807, 2.05) is 28.8 Å². The lowest BCUT2D eigenvalue weighted by atomic mass is 10.2. The first-order chi connectivity index (χ1) is 12.2. The van der Waals surface area contributed by atoms with Gasteiger partial charge >= 0.3 is 5.69 Å².